The van der Waals surface area contributed by atoms with Crippen molar-refractivity contribution in [3.05, 3.63) is 0 Å². The fourth-order valence-corrected chi connectivity index (χ4v) is 2.71. The maximum atomic E-state index is 5.57. The standard InChI is InChI=1S/C15H32N4/c1-3-5-9-13(4-2)12-17-15(19-16)18-14-10-7-6-8-11-14/h13-14H,3-12,16H2,1-2H3,(H2,17,18,19). The van der Waals surface area contributed by atoms with Gasteiger partial charge in [0.25, 0.3) is 0 Å². The Hall–Kier alpha value is -0.770. The number of aliphatic imine (C=N–C) groups is 1. The third-order valence-electron chi connectivity index (χ3n) is 4.13. The van der Waals surface area contributed by atoms with Gasteiger partial charge in [-0.05, 0) is 25.2 Å². The highest BCUT2D eigenvalue weighted by molar-refractivity contribution is 5.79. The van der Waals surface area contributed by atoms with Gasteiger partial charge in [0, 0.05) is 12.6 Å². The van der Waals surface area contributed by atoms with Crippen LogP contribution in [-0.4, -0.2) is 18.5 Å². The minimum absolute atomic E-state index is 0.555. The third kappa shape index (κ3) is 6.81. The lowest BCUT2D eigenvalue weighted by molar-refractivity contribution is 0.408. The number of unbranched alkanes of at least 4 members (excludes halogenated alkanes) is 1. The first-order valence-corrected chi connectivity index (χ1v) is 8.07. The Labute approximate surface area is 118 Å². The molecule has 0 aliphatic heterocycles. The molecule has 1 aliphatic rings. The predicted octanol–water partition coefficient (Wildman–Crippen LogP) is 2.94. The van der Waals surface area contributed by atoms with Crippen molar-refractivity contribution in [1.82, 2.24) is 10.7 Å². The molecule has 0 heterocycles. The summed E-state index contributed by atoms with van der Waals surface area (Å²) in [7, 11) is 0. The van der Waals surface area contributed by atoms with Crippen LogP contribution >= 0.6 is 0 Å². The Bertz CT molecular complexity index is 247. The second kappa shape index (κ2) is 10.1. The molecule has 0 radical (unpaired) electrons. The van der Waals surface area contributed by atoms with Gasteiger partial charge in [0.2, 0.25) is 5.96 Å². The molecule has 0 aromatic carbocycles. The Balaban J connectivity index is 2.36. The molecule has 1 unspecified atom stereocenters. The van der Waals surface area contributed by atoms with Crippen LogP contribution in [0, 0.1) is 5.92 Å². The van der Waals surface area contributed by atoms with Crippen molar-refractivity contribution in [2.45, 2.75) is 77.7 Å². The Kier molecular flexibility index (Phi) is 8.63. The number of hydrazine groups is 1. The molecule has 4 N–H and O–H groups in total. The molecule has 0 bridgehead atoms. The van der Waals surface area contributed by atoms with E-state index in [0.29, 0.717) is 12.0 Å². The lowest BCUT2D eigenvalue weighted by Gasteiger charge is -2.24. The molecular formula is C15H32N4. The van der Waals surface area contributed by atoms with Crippen LogP contribution in [0.25, 0.3) is 0 Å². The van der Waals surface area contributed by atoms with Crippen LogP contribution in [0.4, 0.5) is 0 Å². The van der Waals surface area contributed by atoms with Gasteiger partial charge in [0.1, 0.15) is 0 Å². The first-order chi connectivity index (χ1) is 9.30. The van der Waals surface area contributed by atoms with Crippen molar-refractivity contribution in [2.75, 3.05) is 6.54 Å². The van der Waals surface area contributed by atoms with E-state index in [1.54, 1.807) is 0 Å². The molecule has 0 aromatic rings. The van der Waals surface area contributed by atoms with Crippen LogP contribution in [-0.2, 0) is 0 Å². The summed E-state index contributed by atoms with van der Waals surface area (Å²) >= 11 is 0. The van der Waals surface area contributed by atoms with Gasteiger partial charge in [-0.3, -0.25) is 10.4 Å². The molecule has 0 saturated heterocycles. The average molecular weight is 268 g/mol. The Morgan fingerprint density at radius 2 is 2.00 bits per heavy atom. The molecule has 19 heavy (non-hydrogen) atoms. The molecule has 1 saturated carbocycles. The Morgan fingerprint density at radius 1 is 1.26 bits per heavy atom. The van der Waals surface area contributed by atoms with Gasteiger partial charge in [-0.15, -0.1) is 0 Å². The van der Waals surface area contributed by atoms with Crippen molar-refractivity contribution >= 4 is 5.96 Å². The summed E-state index contributed by atoms with van der Waals surface area (Å²) in [5.41, 5.74) is 2.72. The Morgan fingerprint density at radius 3 is 2.58 bits per heavy atom. The summed E-state index contributed by atoms with van der Waals surface area (Å²) in [4.78, 5) is 4.63. The normalized spacial score (nSPS) is 19.2. The summed E-state index contributed by atoms with van der Waals surface area (Å²) < 4.78 is 0. The molecule has 1 rings (SSSR count). The van der Waals surface area contributed by atoms with Gasteiger partial charge in [0.05, 0.1) is 0 Å². The molecule has 1 aliphatic carbocycles. The summed E-state index contributed by atoms with van der Waals surface area (Å²) in [6, 6.07) is 0.555. The first kappa shape index (κ1) is 16.3. The van der Waals surface area contributed by atoms with E-state index in [1.807, 2.05) is 0 Å². The fraction of sp³-hybridized carbons (Fsp3) is 0.933. The van der Waals surface area contributed by atoms with Crippen molar-refractivity contribution in [3.8, 4) is 0 Å². The first-order valence-electron chi connectivity index (χ1n) is 8.07. The summed E-state index contributed by atoms with van der Waals surface area (Å²) in [6.07, 6.45) is 11.5. The maximum absolute atomic E-state index is 5.57. The van der Waals surface area contributed by atoms with Crippen LogP contribution in [0.1, 0.15) is 71.6 Å². The zero-order valence-electron chi connectivity index (χ0n) is 12.8. The molecule has 4 heteroatoms. The van der Waals surface area contributed by atoms with Crippen LogP contribution in [0.5, 0.6) is 0 Å². The largest absolute Gasteiger partial charge is 0.353 e. The topological polar surface area (TPSA) is 62.4 Å². The van der Waals surface area contributed by atoms with E-state index in [9.17, 15) is 0 Å². The second-order valence-electron chi connectivity index (χ2n) is 5.73. The molecule has 1 fully saturated rings. The number of hydrogen-bond donors (Lipinski definition) is 3. The van der Waals surface area contributed by atoms with Gasteiger partial charge in [-0.25, -0.2) is 5.84 Å². The number of rotatable bonds is 7. The average Bonchev–Trinajstić information content (AvgIpc) is 2.47. The smallest absolute Gasteiger partial charge is 0.205 e. The molecule has 0 spiro atoms. The molecule has 0 amide bonds. The lowest BCUT2D eigenvalue weighted by Crippen LogP contribution is -2.47. The molecule has 0 aromatic heterocycles. The van der Waals surface area contributed by atoms with Gasteiger partial charge in [-0.1, -0.05) is 52.4 Å². The number of nitrogens with two attached hydrogens (primary N) is 1. The van der Waals surface area contributed by atoms with Crippen LogP contribution < -0.4 is 16.6 Å². The fourth-order valence-electron chi connectivity index (χ4n) is 2.71. The van der Waals surface area contributed by atoms with E-state index in [1.165, 1.54) is 57.8 Å². The van der Waals surface area contributed by atoms with Gasteiger partial charge in [-0.2, -0.15) is 0 Å². The van der Waals surface area contributed by atoms with Crippen LogP contribution in [0.3, 0.4) is 0 Å². The summed E-state index contributed by atoms with van der Waals surface area (Å²) in [6.45, 7) is 5.38. The van der Waals surface area contributed by atoms with Crippen molar-refractivity contribution in [2.24, 2.45) is 16.8 Å². The number of nitrogens with one attached hydrogen (secondary N) is 2. The van der Waals surface area contributed by atoms with Crippen LogP contribution in [0.2, 0.25) is 0 Å². The van der Waals surface area contributed by atoms with Gasteiger partial charge < -0.3 is 5.32 Å². The molecule has 112 valence electrons. The van der Waals surface area contributed by atoms with E-state index in [-0.39, 0.29) is 0 Å². The zero-order chi connectivity index (χ0) is 13.9. The highest BCUT2D eigenvalue weighted by atomic mass is 15.3. The van der Waals surface area contributed by atoms with Gasteiger partial charge in [0.15, 0.2) is 0 Å². The van der Waals surface area contributed by atoms with E-state index in [4.69, 9.17) is 5.84 Å². The highest BCUT2D eigenvalue weighted by Crippen LogP contribution is 2.17. The quantitative estimate of drug-likeness (QED) is 0.288. The predicted molar refractivity (Wildman–Crippen MR) is 82.9 cm³/mol. The number of guanidine groups is 1. The second-order valence-corrected chi connectivity index (χ2v) is 5.73. The van der Waals surface area contributed by atoms with E-state index in [0.717, 1.165) is 12.5 Å². The molecular weight excluding hydrogens is 236 g/mol. The van der Waals surface area contributed by atoms with Crippen LogP contribution in [0.15, 0.2) is 4.99 Å². The third-order valence-corrected chi connectivity index (χ3v) is 4.13. The summed E-state index contributed by atoms with van der Waals surface area (Å²) in [5.74, 6) is 7.05. The minimum atomic E-state index is 0.555. The number of hydrogen-bond acceptors (Lipinski definition) is 2. The molecule has 4 nitrogen and oxygen atoms in total. The van der Waals surface area contributed by atoms with E-state index < -0.39 is 0 Å². The maximum Gasteiger partial charge on any atom is 0.205 e. The van der Waals surface area contributed by atoms with E-state index in [2.05, 4.69) is 29.6 Å². The minimum Gasteiger partial charge on any atom is -0.353 e. The van der Waals surface area contributed by atoms with Gasteiger partial charge >= 0.3 is 0 Å². The monoisotopic (exact) mass is 268 g/mol. The van der Waals surface area contributed by atoms with E-state index >= 15 is 0 Å². The lowest BCUT2D eigenvalue weighted by atomic mass is 9.96. The molecule has 1 atom stereocenters. The van der Waals surface area contributed by atoms with Crippen molar-refractivity contribution < 1.29 is 0 Å². The van der Waals surface area contributed by atoms with Crippen molar-refractivity contribution in [3.63, 3.8) is 0 Å². The summed E-state index contributed by atoms with van der Waals surface area (Å²) in [5, 5.41) is 3.46. The SMILES string of the molecule is CCCCC(CC)CN=C(NN)NC1CCCCC1. The highest BCUT2D eigenvalue weighted by Gasteiger charge is 2.14. The zero-order valence-corrected chi connectivity index (χ0v) is 12.8. The van der Waals surface area contributed by atoms with Crippen molar-refractivity contribution in [1.29, 1.82) is 0 Å². The number of nitrogens with zero attached hydrogens (tertiary/aromatic N) is 1.